The molecule has 0 aliphatic heterocycles. The Kier molecular flexibility index (Phi) is 7.83. The monoisotopic (exact) mass is 470 g/mol. The van der Waals surface area contributed by atoms with Gasteiger partial charge < -0.3 is 9.47 Å². The molecule has 0 bridgehead atoms. The molecule has 0 fully saturated rings. The first-order valence-electron chi connectivity index (χ1n) is 8.19. The molecule has 2 rings (SSSR count). The average molecular weight is 470 g/mol. The number of halogens is 2. The Morgan fingerprint density at radius 2 is 1.88 bits per heavy atom. The minimum atomic E-state index is -0.331. The number of carbonyl (C=O) groups excluding carboxylic acids is 1. The molecule has 0 spiro atoms. The normalized spacial score (nSPS) is 10.8. The maximum absolute atomic E-state index is 12.9. The standard InChI is InChI=1S/C19H20FIN2O3/c1-3-25-17-10-14(9-16(21)19(17)26-4-2)12-22-23-18(24)11-13-5-7-15(20)8-6-13/h5-10,12H,3-4,11H2,1-2H3,(H,23,24)/b22-12+. The van der Waals surface area contributed by atoms with Crippen LogP contribution in [0.25, 0.3) is 0 Å². The lowest BCUT2D eigenvalue weighted by molar-refractivity contribution is -0.120. The number of hydrazone groups is 1. The van der Waals surface area contributed by atoms with Crippen LogP contribution in [-0.4, -0.2) is 25.3 Å². The van der Waals surface area contributed by atoms with Crippen LogP contribution >= 0.6 is 22.6 Å². The van der Waals surface area contributed by atoms with Crippen LogP contribution in [0.2, 0.25) is 0 Å². The summed E-state index contributed by atoms with van der Waals surface area (Å²) < 4.78 is 25.0. The molecule has 2 aromatic rings. The second-order valence-electron chi connectivity index (χ2n) is 5.29. The van der Waals surface area contributed by atoms with Crippen LogP contribution in [0.5, 0.6) is 11.5 Å². The highest BCUT2D eigenvalue weighted by atomic mass is 127. The Hall–Kier alpha value is -2.16. The van der Waals surface area contributed by atoms with Crippen molar-refractivity contribution in [3.8, 4) is 11.5 Å². The second-order valence-corrected chi connectivity index (χ2v) is 6.45. The number of rotatable bonds is 8. The van der Waals surface area contributed by atoms with Gasteiger partial charge in [0.25, 0.3) is 0 Å². The van der Waals surface area contributed by atoms with Crippen LogP contribution < -0.4 is 14.9 Å². The Morgan fingerprint density at radius 3 is 2.54 bits per heavy atom. The Bertz CT molecular complexity index is 779. The van der Waals surface area contributed by atoms with Crippen molar-refractivity contribution < 1.29 is 18.7 Å². The van der Waals surface area contributed by atoms with E-state index in [1.165, 1.54) is 12.1 Å². The van der Waals surface area contributed by atoms with Crippen molar-refractivity contribution in [2.45, 2.75) is 20.3 Å². The summed E-state index contributed by atoms with van der Waals surface area (Å²) in [7, 11) is 0. The van der Waals surface area contributed by atoms with Crippen LogP contribution in [0.4, 0.5) is 4.39 Å². The molecule has 5 nitrogen and oxygen atoms in total. The van der Waals surface area contributed by atoms with Gasteiger partial charge in [0, 0.05) is 0 Å². The number of nitrogens with zero attached hydrogens (tertiary/aromatic N) is 1. The van der Waals surface area contributed by atoms with Gasteiger partial charge in [-0.15, -0.1) is 0 Å². The lowest BCUT2D eigenvalue weighted by Gasteiger charge is -2.13. The average Bonchev–Trinajstić information content (AvgIpc) is 2.60. The highest BCUT2D eigenvalue weighted by molar-refractivity contribution is 14.1. The smallest absolute Gasteiger partial charge is 0.244 e. The van der Waals surface area contributed by atoms with E-state index in [2.05, 4.69) is 33.1 Å². The highest BCUT2D eigenvalue weighted by Crippen LogP contribution is 2.33. The van der Waals surface area contributed by atoms with Crippen LogP contribution in [0, 0.1) is 9.39 Å². The van der Waals surface area contributed by atoms with Crippen molar-refractivity contribution in [2.24, 2.45) is 5.10 Å². The quantitative estimate of drug-likeness (QED) is 0.362. The summed E-state index contributed by atoms with van der Waals surface area (Å²) in [6.07, 6.45) is 1.67. The van der Waals surface area contributed by atoms with E-state index in [0.717, 1.165) is 9.13 Å². The van der Waals surface area contributed by atoms with Crippen LogP contribution in [0.3, 0.4) is 0 Å². The summed E-state index contributed by atoms with van der Waals surface area (Å²) in [4.78, 5) is 11.9. The minimum absolute atomic E-state index is 0.128. The van der Waals surface area contributed by atoms with E-state index in [1.54, 1.807) is 18.3 Å². The molecule has 1 amide bonds. The zero-order chi connectivity index (χ0) is 18.9. The number of hydrogen-bond donors (Lipinski definition) is 1. The summed E-state index contributed by atoms with van der Waals surface area (Å²) >= 11 is 2.17. The summed E-state index contributed by atoms with van der Waals surface area (Å²) in [6.45, 7) is 4.88. The van der Waals surface area contributed by atoms with Crippen molar-refractivity contribution in [1.29, 1.82) is 0 Å². The van der Waals surface area contributed by atoms with Crippen molar-refractivity contribution in [2.75, 3.05) is 13.2 Å². The molecule has 0 radical (unpaired) electrons. The molecule has 0 aromatic heterocycles. The fraction of sp³-hybridized carbons (Fsp3) is 0.263. The summed E-state index contributed by atoms with van der Waals surface area (Å²) in [5, 5.41) is 3.97. The SMILES string of the molecule is CCOc1cc(/C=N/NC(=O)Cc2ccc(F)cc2)cc(I)c1OCC. The van der Waals surface area contributed by atoms with Crippen LogP contribution in [-0.2, 0) is 11.2 Å². The van der Waals surface area contributed by atoms with Gasteiger partial charge in [0.15, 0.2) is 11.5 Å². The molecule has 0 aliphatic carbocycles. The maximum Gasteiger partial charge on any atom is 0.244 e. The van der Waals surface area contributed by atoms with Gasteiger partial charge in [0.1, 0.15) is 5.82 Å². The van der Waals surface area contributed by atoms with Crippen molar-refractivity contribution in [1.82, 2.24) is 5.43 Å². The third-order valence-corrected chi connectivity index (χ3v) is 4.10. The van der Waals surface area contributed by atoms with Crippen molar-refractivity contribution in [3.05, 3.63) is 56.9 Å². The number of amides is 1. The highest BCUT2D eigenvalue weighted by Gasteiger charge is 2.11. The van der Waals surface area contributed by atoms with Gasteiger partial charge in [-0.1, -0.05) is 12.1 Å². The van der Waals surface area contributed by atoms with Gasteiger partial charge >= 0.3 is 0 Å². The number of ether oxygens (including phenoxy) is 2. The molecule has 1 N–H and O–H groups in total. The minimum Gasteiger partial charge on any atom is -0.490 e. The third-order valence-electron chi connectivity index (χ3n) is 3.30. The largest absolute Gasteiger partial charge is 0.490 e. The van der Waals surface area contributed by atoms with Crippen molar-refractivity contribution >= 4 is 34.7 Å². The van der Waals surface area contributed by atoms with Gasteiger partial charge in [-0.05, 0) is 71.8 Å². The summed E-state index contributed by atoms with van der Waals surface area (Å²) in [6, 6.07) is 9.49. The molecular weight excluding hydrogens is 450 g/mol. The fourth-order valence-electron chi connectivity index (χ4n) is 2.22. The van der Waals surface area contributed by atoms with E-state index >= 15 is 0 Å². The van der Waals surface area contributed by atoms with E-state index in [1.807, 2.05) is 26.0 Å². The van der Waals surface area contributed by atoms with E-state index in [9.17, 15) is 9.18 Å². The lowest BCUT2D eigenvalue weighted by atomic mass is 10.1. The maximum atomic E-state index is 12.9. The number of nitrogens with one attached hydrogen (secondary N) is 1. The van der Waals surface area contributed by atoms with Crippen LogP contribution in [0.15, 0.2) is 41.5 Å². The molecule has 2 aromatic carbocycles. The predicted octanol–water partition coefficient (Wildman–Crippen LogP) is 3.92. The van der Waals surface area contributed by atoms with E-state index in [0.29, 0.717) is 30.3 Å². The second kappa shape index (κ2) is 10.1. The molecule has 0 atom stereocenters. The van der Waals surface area contributed by atoms with Crippen LogP contribution in [0.1, 0.15) is 25.0 Å². The number of hydrogen-bond acceptors (Lipinski definition) is 4. The first-order valence-corrected chi connectivity index (χ1v) is 9.26. The molecule has 0 saturated carbocycles. The molecule has 0 unspecified atom stereocenters. The Morgan fingerprint density at radius 1 is 1.19 bits per heavy atom. The number of benzene rings is 2. The first-order chi connectivity index (χ1) is 12.5. The van der Waals surface area contributed by atoms with Gasteiger partial charge in [-0.3, -0.25) is 4.79 Å². The predicted molar refractivity (Wildman–Crippen MR) is 107 cm³/mol. The number of carbonyl (C=O) groups is 1. The zero-order valence-electron chi connectivity index (χ0n) is 14.6. The molecular formula is C19H20FIN2O3. The fourth-order valence-corrected chi connectivity index (χ4v) is 3.00. The molecule has 26 heavy (non-hydrogen) atoms. The molecule has 0 saturated heterocycles. The van der Waals surface area contributed by atoms with E-state index in [-0.39, 0.29) is 18.1 Å². The summed E-state index contributed by atoms with van der Waals surface area (Å²) in [5.41, 5.74) is 3.96. The Labute approximate surface area is 165 Å². The zero-order valence-corrected chi connectivity index (χ0v) is 16.7. The van der Waals surface area contributed by atoms with E-state index < -0.39 is 0 Å². The molecule has 7 heteroatoms. The van der Waals surface area contributed by atoms with Gasteiger partial charge in [-0.2, -0.15) is 5.10 Å². The van der Waals surface area contributed by atoms with Gasteiger partial charge in [0.05, 0.1) is 29.4 Å². The Balaban J connectivity index is 2.02. The van der Waals surface area contributed by atoms with E-state index in [4.69, 9.17) is 9.47 Å². The topological polar surface area (TPSA) is 59.9 Å². The molecule has 138 valence electrons. The van der Waals surface area contributed by atoms with Crippen molar-refractivity contribution in [3.63, 3.8) is 0 Å². The van der Waals surface area contributed by atoms with Gasteiger partial charge in [-0.25, -0.2) is 9.82 Å². The molecule has 0 aliphatic rings. The van der Waals surface area contributed by atoms with Gasteiger partial charge in [0.2, 0.25) is 5.91 Å². The third kappa shape index (κ3) is 5.98. The first kappa shape index (κ1) is 20.2. The summed E-state index contributed by atoms with van der Waals surface area (Å²) in [5.74, 6) is 0.730. The molecule has 0 heterocycles. The lowest BCUT2D eigenvalue weighted by Crippen LogP contribution is -2.19.